The van der Waals surface area contributed by atoms with Gasteiger partial charge in [-0.1, -0.05) is 23.2 Å². The number of benzene rings is 1. The van der Waals surface area contributed by atoms with Gasteiger partial charge in [-0.2, -0.15) is 0 Å². The van der Waals surface area contributed by atoms with Crippen molar-refractivity contribution in [3.05, 3.63) is 44.2 Å². The first-order valence-corrected chi connectivity index (χ1v) is 4.76. The van der Waals surface area contributed by atoms with Gasteiger partial charge < -0.3 is 4.42 Å². The highest BCUT2D eigenvalue weighted by Gasteiger charge is 2.11. The summed E-state index contributed by atoms with van der Waals surface area (Å²) in [5, 5.41) is 1.01. The lowest BCUT2D eigenvalue weighted by Gasteiger charge is -2.01. The summed E-state index contributed by atoms with van der Waals surface area (Å²) in [6.45, 7) is 0. The van der Waals surface area contributed by atoms with E-state index in [-0.39, 0.29) is 16.2 Å². The second-order valence-corrected chi connectivity index (χ2v) is 3.69. The minimum Gasteiger partial charge on any atom is -0.422 e. The number of hydrogen-bond acceptors (Lipinski definition) is 3. The zero-order valence-corrected chi connectivity index (χ0v) is 8.80. The maximum Gasteiger partial charge on any atom is 0.348 e. The van der Waals surface area contributed by atoms with Crippen LogP contribution in [0.4, 0.5) is 0 Å². The van der Waals surface area contributed by atoms with E-state index >= 15 is 0 Å². The van der Waals surface area contributed by atoms with Crippen LogP contribution in [0.25, 0.3) is 11.0 Å². The summed E-state index contributed by atoms with van der Waals surface area (Å²) in [7, 11) is 0. The molecule has 15 heavy (non-hydrogen) atoms. The van der Waals surface area contributed by atoms with Crippen LogP contribution in [-0.4, -0.2) is 6.29 Å². The Hall–Kier alpha value is -1.32. The molecule has 0 spiro atoms. The van der Waals surface area contributed by atoms with E-state index in [0.717, 1.165) is 0 Å². The summed E-state index contributed by atoms with van der Waals surface area (Å²) in [4.78, 5) is 21.9. The Kier molecular flexibility index (Phi) is 2.50. The summed E-state index contributed by atoms with van der Waals surface area (Å²) < 4.78 is 4.89. The molecule has 0 saturated carbocycles. The summed E-state index contributed by atoms with van der Waals surface area (Å²) in [6.07, 6.45) is 0.377. The number of carbonyl (C=O) groups is 1. The monoisotopic (exact) mass is 242 g/mol. The zero-order chi connectivity index (χ0) is 11.0. The number of carbonyl (C=O) groups excluding carboxylic acids is 1. The molecule has 0 saturated heterocycles. The Labute approximate surface area is 94.2 Å². The van der Waals surface area contributed by atoms with Gasteiger partial charge in [0.25, 0.3) is 0 Å². The molecule has 0 unspecified atom stereocenters. The van der Waals surface area contributed by atoms with E-state index in [1.807, 2.05) is 0 Å². The molecule has 0 aliphatic rings. The van der Waals surface area contributed by atoms with Crippen LogP contribution in [0.3, 0.4) is 0 Å². The highest BCUT2D eigenvalue weighted by molar-refractivity contribution is 6.38. The van der Waals surface area contributed by atoms with Crippen LogP contribution in [0.5, 0.6) is 0 Å². The summed E-state index contributed by atoms with van der Waals surface area (Å²) in [6, 6.07) is 4.67. The fourth-order valence-electron chi connectivity index (χ4n) is 1.25. The lowest BCUT2D eigenvalue weighted by molar-refractivity contribution is 0.112. The highest BCUT2D eigenvalue weighted by atomic mass is 35.5. The van der Waals surface area contributed by atoms with Crippen molar-refractivity contribution in [1.82, 2.24) is 0 Å². The number of rotatable bonds is 1. The maximum atomic E-state index is 11.3. The van der Waals surface area contributed by atoms with Gasteiger partial charge in [0.2, 0.25) is 0 Å². The van der Waals surface area contributed by atoms with E-state index in [0.29, 0.717) is 16.7 Å². The minimum atomic E-state index is -0.759. The zero-order valence-electron chi connectivity index (χ0n) is 7.29. The third-order valence-corrected chi connectivity index (χ3v) is 2.60. The predicted octanol–water partition coefficient (Wildman–Crippen LogP) is 2.91. The van der Waals surface area contributed by atoms with Gasteiger partial charge in [0, 0.05) is 16.5 Å². The molecule has 1 aromatic carbocycles. The van der Waals surface area contributed by atoms with Crippen molar-refractivity contribution in [3.63, 3.8) is 0 Å². The normalized spacial score (nSPS) is 10.5. The van der Waals surface area contributed by atoms with Gasteiger partial charge in [0.05, 0.1) is 5.02 Å². The third kappa shape index (κ3) is 1.64. The Morgan fingerprint density at radius 3 is 2.67 bits per heavy atom. The van der Waals surface area contributed by atoms with Crippen LogP contribution < -0.4 is 5.63 Å². The van der Waals surface area contributed by atoms with Crippen molar-refractivity contribution in [2.75, 3.05) is 0 Å². The molecule has 0 amide bonds. The molecule has 0 bridgehead atoms. The Morgan fingerprint density at radius 1 is 1.27 bits per heavy atom. The molecule has 5 heteroatoms. The molecule has 0 aliphatic carbocycles. The Balaban J connectivity index is 2.97. The Bertz CT molecular complexity index is 601. The van der Waals surface area contributed by atoms with Crippen LogP contribution in [0.15, 0.2) is 27.4 Å². The van der Waals surface area contributed by atoms with Gasteiger partial charge in [-0.05, 0) is 12.1 Å². The molecule has 0 radical (unpaired) electrons. The van der Waals surface area contributed by atoms with Gasteiger partial charge >= 0.3 is 5.63 Å². The molecule has 3 nitrogen and oxygen atoms in total. The number of halogens is 2. The van der Waals surface area contributed by atoms with Gasteiger partial charge in [0.15, 0.2) is 6.29 Å². The minimum absolute atomic E-state index is 0.0907. The standard InChI is InChI=1S/C10H4Cl2O3/c11-5-1-2-6-8(3-5)15-10(14)7(4-13)9(6)12/h1-4H. The second-order valence-electron chi connectivity index (χ2n) is 2.88. The molecule has 1 aromatic heterocycles. The number of hydrogen-bond donors (Lipinski definition) is 0. The summed E-state index contributed by atoms with van der Waals surface area (Å²) >= 11 is 11.6. The van der Waals surface area contributed by atoms with E-state index in [1.165, 1.54) is 6.07 Å². The molecule has 2 rings (SSSR count). The van der Waals surface area contributed by atoms with Gasteiger partial charge in [0.1, 0.15) is 11.1 Å². The van der Waals surface area contributed by atoms with Crippen LogP contribution in [0, 0.1) is 0 Å². The topological polar surface area (TPSA) is 47.3 Å². The van der Waals surface area contributed by atoms with Crippen LogP contribution in [0.2, 0.25) is 10.0 Å². The lowest BCUT2D eigenvalue weighted by Crippen LogP contribution is -2.07. The maximum absolute atomic E-state index is 11.3. The van der Waals surface area contributed by atoms with Crippen molar-refractivity contribution in [3.8, 4) is 0 Å². The van der Waals surface area contributed by atoms with Crippen molar-refractivity contribution < 1.29 is 9.21 Å². The first-order valence-electron chi connectivity index (χ1n) is 4.00. The fraction of sp³-hybridized carbons (Fsp3) is 0. The number of aldehydes is 1. The van der Waals surface area contributed by atoms with E-state index in [2.05, 4.69) is 0 Å². The van der Waals surface area contributed by atoms with Gasteiger partial charge in [-0.15, -0.1) is 0 Å². The SMILES string of the molecule is O=Cc1c(Cl)c2ccc(Cl)cc2oc1=O. The highest BCUT2D eigenvalue weighted by Crippen LogP contribution is 2.26. The average Bonchev–Trinajstić information content (AvgIpc) is 2.17. The Morgan fingerprint density at radius 2 is 2.00 bits per heavy atom. The fourth-order valence-corrected chi connectivity index (χ4v) is 1.69. The smallest absolute Gasteiger partial charge is 0.348 e. The lowest BCUT2D eigenvalue weighted by atomic mass is 10.2. The van der Waals surface area contributed by atoms with E-state index < -0.39 is 5.63 Å². The molecule has 0 N–H and O–H groups in total. The average molecular weight is 243 g/mol. The largest absolute Gasteiger partial charge is 0.422 e. The molecule has 0 fully saturated rings. The van der Waals surface area contributed by atoms with E-state index in [1.54, 1.807) is 12.1 Å². The molecule has 2 aromatic rings. The van der Waals surface area contributed by atoms with Crippen LogP contribution >= 0.6 is 23.2 Å². The predicted molar refractivity (Wildman–Crippen MR) is 57.9 cm³/mol. The van der Waals surface area contributed by atoms with E-state index in [4.69, 9.17) is 27.6 Å². The molecular formula is C10H4Cl2O3. The first-order chi connectivity index (χ1) is 7.13. The van der Waals surface area contributed by atoms with Crippen LogP contribution in [0.1, 0.15) is 10.4 Å². The summed E-state index contributed by atoms with van der Waals surface area (Å²) in [5.41, 5.74) is -0.667. The van der Waals surface area contributed by atoms with Gasteiger partial charge in [-0.25, -0.2) is 4.79 Å². The quantitative estimate of drug-likeness (QED) is 0.571. The second kappa shape index (κ2) is 3.68. The van der Waals surface area contributed by atoms with Crippen molar-refractivity contribution in [1.29, 1.82) is 0 Å². The van der Waals surface area contributed by atoms with Crippen molar-refractivity contribution >= 4 is 40.5 Å². The van der Waals surface area contributed by atoms with Crippen LogP contribution in [-0.2, 0) is 0 Å². The third-order valence-electron chi connectivity index (χ3n) is 1.96. The molecule has 0 atom stereocenters. The van der Waals surface area contributed by atoms with Crippen molar-refractivity contribution in [2.24, 2.45) is 0 Å². The van der Waals surface area contributed by atoms with Crippen molar-refractivity contribution in [2.45, 2.75) is 0 Å². The molecule has 1 heterocycles. The molecule has 0 aliphatic heterocycles. The molecule has 76 valence electrons. The van der Waals surface area contributed by atoms with E-state index in [9.17, 15) is 9.59 Å². The summed E-state index contributed by atoms with van der Waals surface area (Å²) in [5.74, 6) is 0. The van der Waals surface area contributed by atoms with Gasteiger partial charge in [-0.3, -0.25) is 4.79 Å². The number of fused-ring (bicyclic) bond motifs is 1. The first kappa shape index (κ1) is 10.2. The molecular weight excluding hydrogens is 239 g/mol.